The zero-order chi connectivity index (χ0) is 17.6. The molecule has 134 valence electrons. The number of hydrogen-bond acceptors (Lipinski definition) is 5. The molecule has 0 aliphatic heterocycles. The maximum Gasteiger partial charge on any atom is 0.149 e. The SMILES string of the molecule is C=NN/C(=N\CSCCCO)c1ccccc1CCCCN(C)C. The van der Waals surface area contributed by atoms with Gasteiger partial charge in [0.2, 0.25) is 0 Å². The first-order chi connectivity index (χ1) is 11.7. The van der Waals surface area contributed by atoms with Crippen LogP contribution in [0.2, 0.25) is 0 Å². The maximum atomic E-state index is 8.82. The number of aliphatic imine (C=N–C) groups is 1. The highest BCUT2D eigenvalue weighted by Gasteiger charge is 2.08. The van der Waals surface area contributed by atoms with Crippen molar-refractivity contribution in [1.29, 1.82) is 0 Å². The Kier molecular flexibility index (Phi) is 11.2. The monoisotopic (exact) mass is 350 g/mol. The van der Waals surface area contributed by atoms with Crippen LogP contribution in [0.5, 0.6) is 0 Å². The molecule has 1 aromatic rings. The van der Waals surface area contributed by atoms with E-state index in [1.807, 2.05) is 6.07 Å². The van der Waals surface area contributed by atoms with Gasteiger partial charge in [-0.1, -0.05) is 24.3 Å². The highest BCUT2D eigenvalue weighted by Crippen LogP contribution is 2.14. The van der Waals surface area contributed by atoms with Crippen molar-refractivity contribution in [1.82, 2.24) is 10.3 Å². The Labute approximate surface area is 150 Å². The van der Waals surface area contributed by atoms with Gasteiger partial charge in [0.15, 0.2) is 0 Å². The molecule has 0 aromatic heterocycles. The number of unbranched alkanes of at least 4 members (excludes halogenated alkanes) is 1. The standard InChI is InChI=1S/C18H30N4OS/c1-19-21-18(20-15-24-14-8-13-23)17-11-5-4-9-16(17)10-6-7-12-22(2)3/h4-5,9,11,23H,1,6-8,10,12-15H2,2-3H3,(H,20,21). The molecule has 0 heterocycles. The van der Waals surface area contributed by atoms with Gasteiger partial charge in [0, 0.05) is 18.9 Å². The highest BCUT2D eigenvalue weighted by molar-refractivity contribution is 7.99. The van der Waals surface area contributed by atoms with Crippen molar-refractivity contribution in [2.24, 2.45) is 10.1 Å². The molecule has 1 rings (SSSR count). The van der Waals surface area contributed by atoms with Crippen LogP contribution in [0.1, 0.15) is 30.4 Å². The van der Waals surface area contributed by atoms with Crippen molar-refractivity contribution in [2.45, 2.75) is 25.7 Å². The Morgan fingerprint density at radius 2 is 2.04 bits per heavy atom. The Hall–Kier alpha value is -1.37. The number of nitrogens with zero attached hydrogens (tertiary/aromatic N) is 3. The van der Waals surface area contributed by atoms with Gasteiger partial charge in [0.25, 0.3) is 0 Å². The van der Waals surface area contributed by atoms with Crippen LogP contribution in [0.4, 0.5) is 0 Å². The van der Waals surface area contributed by atoms with E-state index in [4.69, 9.17) is 5.11 Å². The van der Waals surface area contributed by atoms with E-state index in [9.17, 15) is 0 Å². The topological polar surface area (TPSA) is 60.2 Å². The molecule has 1 aromatic carbocycles. The molecule has 24 heavy (non-hydrogen) atoms. The molecular formula is C18H30N4OS. The molecule has 2 N–H and O–H groups in total. The van der Waals surface area contributed by atoms with Gasteiger partial charge >= 0.3 is 0 Å². The maximum absolute atomic E-state index is 8.82. The van der Waals surface area contributed by atoms with E-state index in [0.717, 1.165) is 43.0 Å². The van der Waals surface area contributed by atoms with Crippen molar-refractivity contribution in [2.75, 3.05) is 38.9 Å². The summed E-state index contributed by atoms with van der Waals surface area (Å²) < 4.78 is 0. The summed E-state index contributed by atoms with van der Waals surface area (Å²) in [5.74, 6) is 2.32. The molecule has 0 fully saturated rings. The largest absolute Gasteiger partial charge is 0.396 e. The third-order valence-electron chi connectivity index (χ3n) is 3.52. The number of aryl methyl sites for hydroxylation is 1. The Balaban J connectivity index is 2.71. The number of benzene rings is 1. The van der Waals surface area contributed by atoms with Gasteiger partial charge in [-0.25, -0.2) is 0 Å². The van der Waals surface area contributed by atoms with Gasteiger partial charge in [0.1, 0.15) is 5.84 Å². The Morgan fingerprint density at radius 1 is 1.25 bits per heavy atom. The number of amidine groups is 1. The molecule has 0 aliphatic carbocycles. The van der Waals surface area contributed by atoms with Crippen LogP contribution in [0.3, 0.4) is 0 Å². The summed E-state index contributed by atoms with van der Waals surface area (Å²) in [7, 11) is 4.21. The molecule has 0 saturated heterocycles. The zero-order valence-electron chi connectivity index (χ0n) is 14.9. The number of thioether (sulfide) groups is 1. The van der Waals surface area contributed by atoms with Gasteiger partial charge < -0.3 is 10.0 Å². The third kappa shape index (κ3) is 8.47. The lowest BCUT2D eigenvalue weighted by Gasteiger charge is -2.13. The summed E-state index contributed by atoms with van der Waals surface area (Å²) in [4.78, 5) is 6.83. The fourth-order valence-electron chi connectivity index (χ4n) is 2.31. The third-order valence-corrected chi connectivity index (χ3v) is 4.41. The van der Waals surface area contributed by atoms with Crippen molar-refractivity contribution < 1.29 is 5.11 Å². The van der Waals surface area contributed by atoms with Crippen molar-refractivity contribution in [3.05, 3.63) is 35.4 Å². The predicted molar refractivity (Wildman–Crippen MR) is 106 cm³/mol. The number of aliphatic hydroxyl groups is 1. The molecule has 5 nitrogen and oxygen atoms in total. The average molecular weight is 351 g/mol. The predicted octanol–water partition coefficient (Wildman–Crippen LogP) is 2.60. The first-order valence-electron chi connectivity index (χ1n) is 8.36. The van der Waals surface area contributed by atoms with Gasteiger partial charge in [-0.15, -0.1) is 11.8 Å². The molecule has 0 amide bonds. The molecule has 0 aliphatic rings. The Morgan fingerprint density at radius 3 is 2.75 bits per heavy atom. The van der Waals surface area contributed by atoms with Gasteiger partial charge in [-0.05, 0) is 57.6 Å². The molecule has 0 bridgehead atoms. The smallest absolute Gasteiger partial charge is 0.149 e. The van der Waals surface area contributed by atoms with Crippen LogP contribution in [-0.4, -0.2) is 61.4 Å². The first kappa shape index (κ1) is 20.7. The fourth-order valence-corrected chi connectivity index (χ4v) is 2.99. The summed E-state index contributed by atoms with van der Waals surface area (Å²) in [6.45, 7) is 4.86. The van der Waals surface area contributed by atoms with E-state index < -0.39 is 0 Å². The number of rotatable bonds is 12. The quantitative estimate of drug-likeness (QED) is 0.263. The van der Waals surface area contributed by atoms with Crippen molar-refractivity contribution >= 4 is 24.3 Å². The zero-order valence-corrected chi connectivity index (χ0v) is 15.7. The molecule has 0 unspecified atom stereocenters. The van der Waals surface area contributed by atoms with Crippen LogP contribution in [0.25, 0.3) is 0 Å². The molecule has 0 spiro atoms. The summed E-state index contributed by atoms with van der Waals surface area (Å²) >= 11 is 1.70. The van der Waals surface area contributed by atoms with Gasteiger partial charge in [-0.3, -0.25) is 10.4 Å². The lowest BCUT2D eigenvalue weighted by molar-refractivity contribution is 0.296. The van der Waals surface area contributed by atoms with Crippen LogP contribution >= 0.6 is 11.8 Å². The molecule has 6 heteroatoms. The second-order valence-electron chi connectivity index (χ2n) is 5.81. The lowest BCUT2D eigenvalue weighted by Crippen LogP contribution is -2.21. The van der Waals surface area contributed by atoms with E-state index in [1.54, 1.807) is 11.8 Å². The van der Waals surface area contributed by atoms with Crippen LogP contribution in [0.15, 0.2) is 34.4 Å². The number of hydrazone groups is 1. The number of aliphatic hydroxyl groups excluding tert-OH is 1. The second-order valence-corrected chi connectivity index (χ2v) is 6.88. The van der Waals surface area contributed by atoms with Crippen molar-refractivity contribution in [3.63, 3.8) is 0 Å². The van der Waals surface area contributed by atoms with E-state index in [-0.39, 0.29) is 6.61 Å². The second kappa shape index (κ2) is 13.0. The highest BCUT2D eigenvalue weighted by atomic mass is 32.2. The van der Waals surface area contributed by atoms with E-state index >= 15 is 0 Å². The summed E-state index contributed by atoms with van der Waals surface area (Å²) in [5, 5.41) is 12.6. The van der Waals surface area contributed by atoms with Crippen molar-refractivity contribution in [3.8, 4) is 0 Å². The van der Waals surface area contributed by atoms with Crippen LogP contribution in [0, 0.1) is 0 Å². The Bertz CT molecular complexity index is 506. The average Bonchev–Trinajstić information content (AvgIpc) is 2.58. The molecular weight excluding hydrogens is 320 g/mol. The normalized spacial score (nSPS) is 11.8. The van der Waals surface area contributed by atoms with Gasteiger partial charge in [-0.2, -0.15) is 5.10 Å². The lowest BCUT2D eigenvalue weighted by atomic mass is 10.0. The summed E-state index contributed by atoms with van der Waals surface area (Å²) in [6.07, 6.45) is 4.15. The fraction of sp³-hybridized carbons (Fsp3) is 0.556. The summed E-state index contributed by atoms with van der Waals surface area (Å²) in [6, 6.07) is 8.33. The minimum atomic E-state index is 0.228. The first-order valence-corrected chi connectivity index (χ1v) is 9.52. The number of hydrogen-bond donors (Lipinski definition) is 2. The minimum Gasteiger partial charge on any atom is -0.396 e. The summed E-state index contributed by atoms with van der Waals surface area (Å²) in [5.41, 5.74) is 5.31. The van der Waals surface area contributed by atoms with Crippen LogP contribution < -0.4 is 5.43 Å². The van der Waals surface area contributed by atoms with E-state index in [0.29, 0.717) is 5.88 Å². The number of nitrogens with one attached hydrogen (secondary N) is 1. The van der Waals surface area contributed by atoms with Crippen LogP contribution in [-0.2, 0) is 6.42 Å². The van der Waals surface area contributed by atoms with Gasteiger partial charge in [0.05, 0.1) is 5.88 Å². The van der Waals surface area contributed by atoms with E-state index in [1.165, 1.54) is 12.0 Å². The molecule has 0 atom stereocenters. The molecule has 0 radical (unpaired) electrons. The minimum absolute atomic E-state index is 0.228. The van der Waals surface area contributed by atoms with E-state index in [2.05, 4.69) is 59.4 Å². The molecule has 0 saturated carbocycles.